The summed E-state index contributed by atoms with van der Waals surface area (Å²) in [5.74, 6) is 0.181. The normalized spacial score (nSPS) is 10.5. The summed E-state index contributed by atoms with van der Waals surface area (Å²) < 4.78 is 5.14. The van der Waals surface area contributed by atoms with Gasteiger partial charge in [-0.25, -0.2) is 14.8 Å². The van der Waals surface area contributed by atoms with Crippen LogP contribution in [0.4, 0.5) is 0 Å². The number of carbonyl (C=O) groups is 1. The van der Waals surface area contributed by atoms with Crippen LogP contribution in [0.25, 0.3) is 11.4 Å². The van der Waals surface area contributed by atoms with Crippen LogP contribution in [0.3, 0.4) is 0 Å². The predicted octanol–water partition coefficient (Wildman–Crippen LogP) is 4.78. The molecule has 3 rings (SSSR count). The molecule has 4 nitrogen and oxygen atoms in total. The average molecular weight is 350 g/mol. The molecule has 0 fully saturated rings. The minimum Gasteiger partial charge on any atom is -0.462 e. The molecule has 0 aliphatic rings. The number of rotatable bonds is 5. The van der Waals surface area contributed by atoms with Gasteiger partial charge in [0.1, 0.15) is 10.6 Å². The van der Waals surface area contributed by atoms with Crippen molar-refractivity contribution in [3.05, 3.63) is 71.9 Å². The maximum Gasteiger partial charge on any atom is 0.342 e. The molecule has 3 aromatic rings. The molecule has 0 N–H and O–H groups in total. The largest absolute Gasteiger partial charge is 0.462 e. The number of ether oxygens (including phenoxy) is 1. The first-order valence-electron chi connectivity index (χ1n) is 8.01. The van der Waals surface area contributed by atoms with E-state index in [4.69, 9.17) is 4.74 Å². The molecule has 0 aliphatic carbocycles. The van der Waals surface area contributed by atoms with E-state index in [-0.39, 0.29) is 0 Å². The van der Waals surface area contributed by atoms with Crippen molar-refractivity contribution in [3.63, 3.8) is 0 Å². The molecule has 126 valence electrons. The van der Waals surface area contributed by atoms with Gasteiger partial charge in [-0.1, -0.05) is 59.8 Å². The van der Waals surface area contributed by atoms with Gasteiger partial charge in [-0.2, -0.15) is 0 Å². The molecule has 0 amide bonds. The van der Waals surface area contributed by atoms with Crippen molar-refractivity contribution < 1.29 is 9.53 Å². The highest BCUT2D eigenvalue weighted by atomic mass is 32.2. The fourth-order valence-corrected chi connectivity index (χ4v) is 3.11. The number of benzene rings is 2. The number of carbonyl (C=O) groups excluding carboxylic acids is 1. The Labute approximate surface area is 151 Å². The van der Waals surface area contributed by atoms with E-state index in [1.54, 1.807) is 13.1 Å². The van der Waals surface area contributed by atoms with Crippen molar-refractivity contribution in [2.24, 2.45) is 0 Å². The highest BCUT2D eigenvalue weighted by molar-refractivity contribution is 7.99. The smallest absolute Gasteiger partial charge is 0.342 e. The fraction of sp³-hybridized carbons (Fsp3) is 0.150. The SMILES string of the molecule is CCOC(=O)c1cnc(-c2ccccc2)nc1Sc1ccc(C)cc1. The number of hydrogen-bond acceptors (Lipinski definition) is 5. The second-order valence-electron chi connectivity index (χ2n) is 5.41. The minimum absolute atomic E-state index is 0.313. The maximum atomic E-state index is 12.2. The lowest BCUT2D eigenvalue weighted by Gasteiger charge is -2.09. The third kappa shape index (κ3) is 4.25. The topological polar surface area (TPSA) is 52.1 Å². The van der Waals surface area contributed by atoms with Crippen LogP contribution in [-0.2, 0) is 4.74 Å². The van der Waals surface area contributed by atoms with Gasteiger partial charge in [0.25, 0.3) is 0 Å². The summed E-state index contributed by atoms with van der Waals surface area (Å²) in [7, 11) is 0. The van der Waals surface area contributed by atoms with E-state index in [1.165, 1.54) is 17.3 Å². The second kappa shape index (κ2) is 7.94. The first-order valence-corrected chi connectivity index (χ1v) is 8.83. The summed E-state index contributed by atoms with van der Waals surface area (Å²) in [6, 6.07) is 17.8. The van der Waals surface area contributed by atoms with E-state index in [1.807, 2.05) is 61.5 Å². The molecular weight excluding hydrogens is 332 g/mol. The number of esters is 1. The van der Waals surface area contributed by atoms with Gasteiger partial charge >= 0.3 is 5.97 Å². The van der Waals surface area contributed by atoms with Crippen LogP contribution < -0.4 is 0 Å². The molecule has 0 atom stereocenters. The average Bonchev–Trinajstić information content (AvgIpc) is 2.64. The number of aromatic nitrogens is 2. The van der Waals surface area contributed by atoms with Crippen molar-refractivity contribution in [2.75, 3.05) is 6.61 Å². The highest BCUT2D eigenvalue weighted by Crippen LogP contribution is 2.30. The number of nitrogens with zero attached hydrogens (tertiary/aromatic N) is 2. The predicted molar refractivity (Wildman–Crippen MR) is 98.7 cm³/mol. The summed E-state index contributed by atoms with van der Waals surface area (Å²) in [4.78, 5) is 22.2. The quantitative estimate of drug-likeness (QED) is 0.489. The van der Waals surface area contributed by atoms with E-state index in [9.17, 15) is 4.79 Å². The van der Waals surface area contributed by atoms with Crippen LogP contribution in [-0.4, -0.2) is 22.5 Å². The lowest BCUT2D eigenvalue weighted by molar-refractivity contribution is 0.0521. The Hall–Kier alpha value is -2.66. The molecule has 2 aromatic carbocycles. The third-order valence-corrected chi connectivity index (χ3v) is 4.53. The lowest BCUT2D eigenvalue weighted by atomic mass is 10.2. The third-order valence-electron chi connectivity index (χ3n) is 3.52. The van der Waals surface area contributed by atoms with E-state index in [0.29, 0.717) is 23.0 Å². The van der Waals surface area contributed by atoms with Crippen LogP contribution in [0.5, 0.6) is 0 Å². The molecule has 1 aromatic heterocycles. The molecule has 0 aliphatic heterocycles. The van der Waals surface area contributed by atoms with Gasteiger partial charge in [-0.05, 0) is 26.0 Å². The van der Waals surface area contributed by atoms with Crippen LogP contribution in [0.2, 0.25) is 0 Å². The Morgan fingerprint density at radius 1 is 1.08 bits per heavy atom. The molecule has 1 heterocycles. The van der Waals surface area contributed by atoms with Crippen molar-refractivity contribution in [1.82, 2.24) is 9.97 Å². The summed E-state index contributed by atoms with van der Waals surface area (Å²) in [6.07, 6.45) is 1.55. The molecule has 0 saturated heterocycles. The van der Waals surface area contributed by atoms with E-state index in [0.717, 1.165) is 10.5 Å². The summed E-state index contributed by atoms with van der Waals surface area (Å²) in [6.45, 7) is 4.13. The second-order valence-corrected chi connectivity index (χ2v) is 6.48. The van der Waals surface area contributed by atoms with E-state index >= 15 is 0 Å². The standard InChI is InChI=1S/C20H18N2O2S/c1-3-24-20(23)17-13-21-18(15-7-5-4-6-8-15)22-19(17)25-16-11-9-14(2)10-12-16/h4-13H,3H2,1-2H3. The van der Waals surface area contributed by atoms with Gasteiger partial charge in [0.05, 0.1) is 6.61 Å². The van der Waals surface area contributed by atoms with Gasteiger partial charge in [0.15, 0.2) is 5.82 Å². The summed E-state index contributed by atoms with van der Waals surface area (Å²) in [5, 5.41) is 0.594. The van der Waals surface area contributed by atoms with Gasteiger partial charge < -0.3 is 4.74 Å². The van der Waals surface area contributed by atoms with Gasteiger partial charge in [0.2, 0.25) is 0 Å². The fourth-order valence-electron chi connectivity index (χ4n) is 2.24. The maximum absolute atomic E-state index is 12.2. The monoisotopic (exact) mass is 350 g/mol. The zero-order valence-electron chi connectivity index (χ0n) is 14.1. The molecule has 0 spiro atoms. The number of aryl methyl sites for hydroxylation is 1. The van der Waals surface area contributed by atoms with Gasteiger partial charge in [-0.15, -0.1) is 0 Å². The van der Waals surface area contributed by atoms with E-state index in [2.05, 4.69) is 9.97 Å². The molecule has 25 heavy (non-hydrogen) atoms. The zero-order chi connectivity index (χ0) is 17.6. The first kappa shape index (κ1) is 17.2. The minimum atomic E-state index is -0.406. The molecule has 0 saturated carbocycles. The van der Waals surface area contributed by atoms with Crippen LogP contribution in [0.15, 0.2) is 70.7 Å². The highest BCUT2D eigenvalue weighted by Gasteiger charge is 2.17. The van der Waals surface area contributed by atoms with Crippen LogP contribution in [0, 0.1) is 6.92 Å². The Bertz CT molecular complexity index is 865. The molecule has 0 bridgehead atoms. The van der Waals surface area contributed by atoms with Crippen LogP contribution >= 0.6 is 11.8 Å². The summed E-state index contributed by atoms with van der Waals surface area (Å²) >= 11 is 1.43. The van der Waals surface area contributed by atoms with Crippen molar-refractivity contribution >= 4 is 17.7 Å². The summed E-state index contributed by atoms with van der Waals surface area (Å²) in [5.41, 5.74) is 2.47. The van der Waals surface area contributed by atoms with Crippen molar-refractivity contribution in [1.29, 1.82) is 0 Å². The molecular formula is C20H18N2O2S. The first-order chi connectivity index (χ1) is 12.2. The lowest BCUT2D eigenvalue weighted by Crippen LogP contribution is -2.09. The van der Waals surface area contributed by atoms with E-state index < -0.39 is 5.97 Å². The van der Waals surface area contributed by atoms with Crippen LogP contribution in [0.1, 0.15) is 22.8 Å². The van der Waals surface area contributed by atoms with Crippen molar-refractivity contribution in [3.8, 4) is 11.4 Å². The van der Waals surface area contributed by atoms with Crippen molar-refractivity contribution in [2.45, 2.75) is 23.8 Å². The molecule has 0 radical (unpaired) electrons. The zero-order valence-corrected chi connectivity index (χ0v) is 14.9. The Kier molecular flexibility index (Phi) is 5.46. The molecule has 0 unspecified atom stereocenters. The Morgan fingerprint density at radius 3 is 2.48 bits per heavy atom. The molecule has 5 heteroatoms. The van der Waals surface area contributed by atoms with Gasteiger partial charge in [-0.3, -0.25) is 0 Å². The van der Waals surface area contributed by atoms with Gasteiger partial charge in [0, 0.05) is 16.7 Å². The Morgan fingerprint density at radius 2 is 1.80 bits per heavy atom. The number of hydrogen-bond donors (Lipinski definition) is 0. The Balaban J connectivity index is 2.01.